The first-order valence-electron chi connectivity index (χ1n) is 7.00. The van der Waals surface area contributed by atoms with Crippen LogP contribution in [0.4, 0.5) is 0 Å². The van der Waals surface area contributed by atoms with Crippen LogP contribution < -0.4 is 0 Å². The fraction of sp³-hybridized carbons (Fsp3) is 0.467. The van der Waals surface area contributed by atoms with Crippen LogP contribution in [0, 0.1) is 0 Å². The van der Waals surface area contributed by atoms with Crippen molar-refractivity contribution >= 4 is 17.2 Å². The molecule has 1 amide bonds. The molecule has 4 nitrogen and oxygen atoms in total. The summed E-state index contributed by atoms with van der Waals surface area (Å²) in [7, 11) is 0. The van der Waals surface area contributed by atoms with Gasteiger partial charge in [-0.2, -0.15) is 5.10 Å². The molecule has 5 heteroatoms. The Morgan fingerprint density at radius 1 is 1.45 bits per heavy atom. The van der Waals surface area contributed by atoms with Crippen LogP contribution in [-0.4, -0.2) is 27.1 Å². The van der Waals surface area contributed by atoms with Crippen molar-refractivity contribution in [1.82, 2.24) is 14.7 Å². The lowest BCUT2D eigenvalue weighted by Crippen LogP contribution is -2.39. The molecule has 2 aromatic heterocycles. The van der Waals surface area contributed by atoms with Crippen LogP contribution in [0.1, 0.15) is 53.8 Å². The van der Waals surface area contributed by atoms with Crippen molar-refractivity contribution in [2.75, 3.05) is 6.54 Å². The Kier molecular flexibility index (Phi) is 3.38. The van der Waals surface area contributed by atoms with Crippen LogP contribution in [0.5, 0.6) is 0 Å². The SMILES string of the molecule is CC(C)n1nccc1C(=O)N1CCc2sccc2[C@H]1C. The Bertz CT molecular complexity index is 629. The monoisotopic (exact) mass is 289 g/mol. The lowest BCUT2D eigenvalue weighted by Gasteiger charge is -2.33. The van der Waals surface area contributed by atoms with Crippen LogP contribution in [0.15, 0.2) is 23.7 Å². The summed E-state index contributed by atoms with van der Waals surface area (Å²) in [5.74, 6) is 0.0838. The van der Waals surface area contributed by atoms with E-state index >= 15 is 0 Å². The minimum atomic E-state index is 0.0838. The van der Waals surface area contributed by atoms with E-state index in [2.05, 4.69) is 23.5 Å². The van der Waals surface area contributed by atoms with Gasteiger partial charge in [-0.3, -0.25) is 9.48 Å². The number of nitrogens with zero attached hydrogens (tertiary/aromatic N) is 3. The van der Waals surface area contributed by atoms with E-state index in [0.29, 0.717) is 5.69 Å². The Balaban J connectivity index is 1.90. The van der Waals surface area contributed by atoms with Gasteiger partial charge in [-0.25, -0.2) is 0 Å². The molecule has 3 rings (SSSR count). The number of aromatic nitrogens is 2. The van der Waals surface area contributed by atoms with E-state index in [0.717, 1.165) is 13.0 Å². The normalized spacial score (nSPS) is 18.4. The minimum Gasteiger partial charge on any atom is -0.330 e. The third kappa shape index (κ3) is 2.06. The second kappa shape index (κ2) is 5.05. The highest BCUT2D eigenvalue weighted by Crippen LogP contribution is 2.33. The largest absolute Gasteiger partial charge is 0.330 e. The average Bonchev–Trinajstić information content (AvgIpc) is 3.07. The molecule has 1 atom stereocenters. The number of rotatable bonds is 2. The summed E-state index contributed by atoms with van der Waals surface area (Å²) in [5, 5.41) is 6.38. The molecule has 20 heavy (non-hydrogen) atoms. The van der Waals surface area contributed by atoms with Crippen molar-refractivity contribution in [2.45, 2.75) is 39.3 Å². The summed E-state index contributed by atoms with van der Waals surface area (Å²) in [5.41, 5.74) is 1.98. The zero-order valence-corrected chi connectivity index (χ0v) is 12.9. The van der Waals surface area contributed by atoms with Gasteiger partial charge < -0.3 is 4.90 Å². The van der Waals surface area contributed by atoms with Crippen molar-refractivity contribution in [2.24, 2.45) is 0 Å². The first-order valence-corrected chi connectivity index (χ1v) is 7.88. The summed E-state index contributed by atoms with van der Waals surface area (Å²) in [4.78, 5) is 16.2. The van der Waals surface area contributed by atoms with Gasteiger partial charge >= 0.3 is 0 Å². The van der Waals surface area contributed by atoms with Crippen LogP contribution in [-0.2, 0) is 6.42 Å². The first-order chi connectivity index (χ1) is 9.59. The van der Waals surface area contributed by atoms with E-state index in [1.54, 1.807) is 22.2 Å². The van der Waals surface area contributed by atoms with E-state index in [1.165, 1.54) is 10.4 Å². The van der Waals surface area contributed by atoms with Crippen molar-refractivity contribution in [3.63, 3.8) is 0 Å². The molecule has 0 radical (unpaired) electrons. The standard InChI is InChI=1S/C15H19N3OS/c1-10(2)18-13(4-7-16-18)15(19)17-8-5-14-12(11(17)3)6-9-20-14/h4,6-7,9-11H,5,8H2,1-3H3/t11-/m1/s1. The number of carbonyl (C=O) groups excluding carboxylic acids is 1. The van der Waals surface area contributed by atoms with E-state index in [-0.39, 0.29) is 18.0 Å². The molecule has 0 saturated carbocycles. The smallest absolute Gasteiger partial charge is 0.272 e. The maximum absolute atomic E-state index is 12.8. The molecule has 0 aromatic carbocycles. The van der Waals surface area contributed by atoms with Crippen LogP contribution in [0.3, 0.4) is 0 Å². The van der Waals surface area contributed by atoms with Crippen LogP contribution in [0.2, 0.25) is 0 Å². The zero-order valence-electron chi connectivity index (χ0n) is 12.0. The Hall–Kier alpha value is -1.62. The highest BCUT2D eigenvalue weighted by molar-refractivity contribution is 7.10. The zero-order chi connectivity index (χ0) is 14.3. The lowest BCUT2D eigenvalue weighted by atomic mass is 10.0. The topological polar surface area (TPSA) is 38.1 Å². The number of carbonyl (C=O) groups is 1. The summed E-state index contributed by atoms with van der Waals surface area (Å²) < 4.78 is 1.80. The predicted molar refractivity (Wildman–Crippen MR) is 80.1 cm³/mol. The summed E-state index contributed by atoms with van der Waals surface area (Å²) in [6.07, 6.45) is 2.66. The molecule has 1 aliphatic heterocycles. The summed E-state index contributed by atoms with van der Waals surface area (Å²) in [6, 6.07) is 4.30. The van der Waals surface area contributed by atoms with Gasteiger partial charge in [0.05, 0.1) is 6.04 Å². The van der Waals surface area contributed by atoms with Gasteiger partial charge in [-0.05, 0) is 50.3 Å². The van der Waals surface area contributed by atoms with Gasteiger partial charge in [-0.1, -0.05) is 0 Å². The molecular weight excluding hydrogens is 270 g/mol. The van der Waals surface area contributed by atoms with Gasteiger partial charge in [-0.15, -0.1) is 11.3 Å². The highest BCUT2D eigenvalue weighted by Gasteiger charge is 2.30. The highest BCUT2D eigenvalue weighted by atomic mass is 32.1. The number of amides is 1. The molecule has 0 bridgehead atoms. The van der Waals surface area contributed by atoms with Crippen LogP contribution in [0.25, 0.3) is 0 Å². The van der Waals surface area contributed by atoms with Crippen molar-refractivity contribution in [3.8, 4) is 0 Å². The summed E-state index contributed by atoms with van der Waals surface area (Å²) in [6.45, 7) is 6.98. The number of hydrogen-bond acceptors (Lipinski definition) is 3. The summed E-state index contributed by atoms with van der Waals surface area (Å²) >= 11 is 1.79. The third-order valence-corrected chi connectivity index (χ3v) is 4.91. The molecule has 0 spiro atoms. The minimum absolute atomic E-state index is 0.0838. The lowest BCUT2D eigenvalue weighted by molar-refractivity contribution is 0.0664. The van der Waals surface area contributed by atoms with E-state index in [4.69, 9.17) is 0 Å². The predicted octanol–water partition coefficient (Wildman–Crippen LogP) is 3.29. The maximum Gasteiger partial charge on any atom is 0.272 e. The molecule has 0 aliphatic carbocycles. The molecule has 1 aliphatic rings. The third-order valence-electron chi connectivity index (χ3n) is 3.92. The molecule has 0 saturated heterocycles. The maximum atomic E-state index is 12.8. The molecule has 3 heterocycles. The second-order valence-corrected chi connectivity index (χ2v) is 6.48. The fourth-order valence-corrected chi connectivity index (χ4v) is 3.79. The fourth-order valence-electron chi connectivity index (χ4n) is 2.83. The van der Waals surface area contributed by atoms with Crippen molar-refractivity contribution in [3.05, 3.63) is 39.8 Å². The number of fused-ring (bicyclic) bond motifs is 1. The molecule has 0 unspecified atom stereocenters. The Morgan fingerprint density at radius 2 is 2.25 bits per heavy atom. The molecule has 106 valence electrons. The van der Waals surface area contributed by atoms with Crippen LogP contribution >= 0.6 is 11.3 Å². The number of hydrogen-bond donors (Lipinski definition) is 0. The van der Waals surface area contributed by atoms with Gasteiger partial charge in [0, 0.05) is 23.7 Å². The molecule has 0 fully saturated rings. The second-order valence-electron chi connectivity index (χ2n) is 5.48. The van der Waals surface area contributed by atoms with E-state index in [1.807, 2.05) is 24.8 Å². The van der Waals surface area contributed by atoms with Gasteiger partial charge in [0.2, 0.25) is 0 Å². The van der Waals surface area contributed by atoms with E-state index < -0.39 is 0 Å². The van der Waals surface area contributed by atoms with Crippen molar-refractivity contribution < 1.29 is 4.79 Å². The Labute approximate surface area is 123 Å². The quantitative estimate of drug-likeness (QED) is 0.851. The molecule has 2 aromatic rings. The molecular formula is C15H19N3OS. The first kappa shape index (κ1) is 13.4. The average molecular weight is 289 g/mol. The van der Waals surface area contributed by atoms with E-state index in [9.17, 15) is 4.79 Å². The van der Waals surface area contributed by atoms with Gasteiger partial charge in [0.1, 0.15) is 5.69 Å². The molecule has 0 N–H and O–H groups in total. The Morgan fingerprint density at radius 3 is 3.00 bits per heavy atom. The number of thiophene rings is 1. The van der Waals surface area contributed by atoms with Gasteiger partial charge in [0.25, 0.3) is 5.91 Å². The van der Waals surface area contributed by atoms with Gasteiger partial charge in [0.15, 0.2) is 0 Å². The van der Waals surface area contributed by atoms with Crippen molar-refractivity contribution in [1.29, 1.82) is 0 Å².